The van der Waals surface area contributed by atoms with Crippen LogP contribution < -0.4 is 10.0 Å². The number of furan rings is 1. The smallest absolute Gasteiger partial charge is 0.280 e. The SMILES string of the molecule is CNCC1CCCCN1S(=O)(=O)NC(C)c1ccco1. The zero-order chi connectivity index (χ0) is 14.6. The first-order valence-electron chi connectivity index (χ1n) is 7.01. The van der Waals surface area contributed by atoms with Gasteiger partial charge in [-0.1, -0.05) is 6.42 Å². The van der Waals surface area contributed by atoms with E-state index < -0.39 is 10.2 Å². The Bertz CT molecular complexity index is 499. The lowest BCUT2D eigenvalue weighted by atomic mass is 10.1. The molecule has 7 heteroatoms. The molecule has 2 N–H and O–H groups in total. The highest BCUT2D eigenvalue weighted by molar-refractivity contribution is 7.87. The number of rotatable bonds is 6. The third-order valence-corrected chi connectivity index (χ3v) is 5.37. The maximum Gasteiger partial charge on any atom is 0.280 e. The summed E-state index contributed by atoms with van der Waals surface area (Å²) in [6.45, 7) is 3.04. The molecule has 1 saturated heterocycles. The van der Waals surface area contributed by atoms with Gasteiger partial charge < -0.3 is 9.73 Å². The summed E-state index contributed by atoms with van der Waals surface area (Å²) >= 11 is 0. The Morgan fingerprint density at radius 3 is 2.95 bits per heavy atom. The second kappa shape index (κ2) is 6.71. The first-order chi connectivity index (χ1) is 9.54. The number of nitrogens with zero attached hydrogens (tertiary/aromatic N) is 1. The number of nitrogens with one attached hydrogen (secondary N) is 2. The van der Waals surface area contributed by atoms with Crippen LogP contribution in [-0.4, -0.2) is 38.9 Å². The molecule has 1 fully saturated rings. The van der Waals surface area contributed by atoms with Gasteiger partial charge in [0.1, 0.15) is 5.76 Å². The Kier molecular flexibility index (Phi) is 5.20. The van der Waals surface area contributed by atoms with Crippen LogP contribution in [0.3, 0.4) is 0 Å². The van der Waals surface area contributed by atoms with Crippen LogP contribution in [0, 0.1) is 0 Å². The normalized spacial score (nSPS) is 22.8. The van der Waals surface area contributed by atoms with Gasteiger partial charge in [-0.2, -0.15) is 17.4 Å². The van der Waals surface area contributed by atoms with E-state index in [2.05, 4.69) is 10.0 Å². The van der Waals surface area contributed by atoms with Gasteiger partial charge in [-0.05, 0) is 38.9 Å². The highest BCUT2D eigenvalue weighted by Crippen LogP contribution is 2.21. The number of piperidine rings is 1. The Labute approximate surface area is 120 Å². The van der Waals surface area contributed by atoms with Gasteiger partial charge in [-0.15, -0.1) is 0 Å². The summed E-state index contributed by atoms with van der Waals surface area (Å²) in [6, 6.07) is 3.18. The predicted octanol–water partition coefficient (Wildman–Crippen LogP) is 1.25. The van der Waals surface area contributed by atoms with E-state index in [1.807, 2.05) is 7.05 Å². The van der Waals surface area contributed by atoms with Crippen LogP contribution in [0.2, 0.25) is 0 Å². The third-order valence-electron chi connectivity index (χ3n) is 3.62. The fraction of sp³-hybridized carbons (Fsp3) is 0.692. The third kappa shape index (κ3) is 3.60. The fourth-order valence-corrected chi connectivity index (χ4v) is 4.26. The summed E-state index contributed by atoms with van der Waals surface area (Å²) in [6.07, 6.45) is 4.43. The Balaban J connectivity index is 2.08. The van der Waals surface area contributed by atoms with Crippen molar-refractivity contribution >= 4 is 10.2 Å². The zero-order valence-corrected chi connectivity index (χ0v) is 12.8. The van der Waals surface area contributed by atoms with Crippen LogP contribution in [0.1, 0.15) is 38.0 Å². The predicted molar refractivity (Wildman–Crippen MR) is 77.5 cm³/mol. The molecular weight excluding hydrogens is 278 g/mol. The molecule has 2 atom stereocenters. The molecule has 1 aromatic heterocycles. The van der Waals surface area contributed by atoms with Crippen LogP contribution in [-0.2, 0) is 10.2 Å². The first kappa shape index (κ1) is 15.5. The summed E-state index contributed by atoms with van der Waals surface area (Å²) in [7, 11) is -1.65. The van der Waals surface area contributed by atoms with E-state index in [-0.39, 0.29) is 12.1 Å². The molecule has 0 bridgehead atoms. The number of likely N-dealkylation sites (N-methyl/N-ethyl adjacent to an activating group) is 1. The summed E-state index contributed by atoms with van der Waals surface area (Å²) in [5.74, 6) is 0.621. The van der Waals surface area contributed by atoms with Crippen molar-refractivity contribution < 1.29 is 12.8 Å². The first-order valence-corrected chi connectivity index (χ1v) is 8.45. The molecule has 6 nitrogen and oxygen atoms in total. The molecule has 2 unspecified atom stereocenters. The quantitative estimate of drug-likeness (QED) is 0.829. The average Bonchev–Trinajstić information content (AvgIpc) is 2.93. The van der Waals surface area contributed by atoms with E-state index in [1.165, 1.54) is 0 Å². The molecule has 1 aliphatic rings. The molecule has 0 amide bonds. The summed E-state index contributed by atoms with van der Waals surface area (Å²) < 4.78 is 34.6. The Morgan fingerprint density at radius 2 is 2.30 bits per heavy atom. The maximum atomic E-state index is 12.5. The van der Waals surface area contributed by atoms with Gasteiger partial charge in [0.2, 0.25) is 0 Å². The highest BCUT2D eigenvalue weighted by Gasteiger charge is 2.33. The second-order valence-electron chi connectivity index (χ2n) is 5.18. The van der Waals surface area contributed by atoms with Gasteiger partial charge >= 0.3 is 0 Å². The van der Waals surface area contributed by atoms with E-state index in [0.29, 0.717) is 18.8 Å². The van der Waals surface area contributed by atoms with E-state index in [1.54, 1.807) is 29.6 Å². The van der Waals surface area contributed by atoms with Crippen molar-refractivity contribution in [1.82, 2.24) is 14.3 Å². The van der Waals surface area contributed by atoms with Gasteiger partial charge in [-0.3, -0.25) is 0 Å². The molecule has 1 aromatic rings. The van der Waals surface area contributed by atoms with Crippen LogP contribution in [0.4, 0.5) is 0 Å². The van der Waals surface area contributed by atoms with Crippen molar-refractivity contribution in [3.05, 3.63) is 24.2 Å². The van der Waals surface area contributed by atoms with E-state index >= 15 is 0 Å². The molecule has 2 heterocycles. The largest absolute Gasteiger partial charge is 0.468 e. The molecule has 0 spiro atoms. The van der Waals surface area contributed by atoms with Crippen LogP contribution in [0.25, 0.3) is 0 Å². The van der Waals surface area contributed by atoms with Crippen molar-refractivity contribution in [3.63, 3.8) is 0 Å². The summed E-state index contributed by atoms with van der Waals surface area (Å²) in [5.41, 5.74) is 0. The standard InChI is InChI=1S/C13H23N3O3S/c1-11(13-7-5-9-19-13)15-20(17,18)16-8-4-3-6-12(16)10-14-2/h5,7,9,11-12,14-15H,3-4,6,8,10H2,1-2H3. The number of hydrogen-bond donors (Lipinski definition) is 2. The average molecular weight is 301 g/mol. The molecule has 1 aliphatic heterocycles. The zero-order valence-electron chi connectivity index (χ0n) is 12.0. The van der Waals surface area contributed by atoms with Crippen LogP contribution in [0.15, 0.2) is 22.8 Å². The second-order valence-corrected chi connectivity index (χ2v) is 6.83. The lowest BCUT2D eigenvalue weighted by Crippen LogP contribution is -2.52. The van der Waals surface area contributed by atoms with Crippen LogP contribution in [0.5, 0.6) is 0 Å². The van der Waals surface area contributed by atoms with Gasteiger partial charge in [0.15, 0.2) is 0 Å². The lowest BCUT2D eigenvalue weighted by Gasteiger charge is -2.35. The van der Waals surface area contributed by atoms with Crippen molar-refractivity contribution in [2.45, 2.75) is 38.3 Å². The summed E-state index contributed by atoms with van der Waals surface area (Å²) in [5, 5.41) is 3.07. The molecule has 114 valence electrons. The van der Waals surface area contributed by atoms with E-state index in [9.17, 15) is 8.42 Å². The minimum atomic E-state index is -3.50. The lowest BCUT2D eigenvalue weighted by molar-refractivity contribution is 0.244. The molecule has 20 heavy (non-hydrogen) atoms. The maximum absolute atomic E-state index is 12.5. The highest BCUT2D eigenvalue weighted by atomic mass is 32.2. The molecule has 0 radical (unpaired) electrons. The van der Waals surface area contributed by atoms with Gasteiger partial charge in [0.05, 0.1) is 12.3 Å². The molecule has 0 aliphatic carbocycles. The monoisotopic (exact) mass is 301 g/mol. The molecular formula is C13H23N3O3S. The van der Waals surface area contributed by atoms with Crippen molar-refractivity contribution in [1.29, 1.82) is 0 Å². The summed E-state index contributed by atoms with van der Waals surface area (Å²) in [4.78, 5) is 0. The molecule has 2 rings (SSSR count). The van der Waals surface area contributed by atoms with Crippen molar-refractivity contribution in [2.24, 2.45) is 0 Å². The Morgan fingerprint density at radius 1 is 1.50 bits per heavy atom. The van der Waals surface area contributed by atoms with Gasteiger partial charge in [0.25, 0.3) is 10.2 Å². The Hall–Kier alpha value is -0.890. The van der Waals surface area contributed by atoms with Crippen molar-refractivity contribution in [3.8, 4) is 0 Å². The fourth-order valence-electron chi connectivity index (χ4n) is 2.62. The van der Waals surface area contributed by atoms with E-state index in [0.717, 1.165) is 19.3 Å². The van der Waals surface area contributed by atoms with Crippen LogP contribution >= 0.6 is 0 Å². The minimum Gasteiger partial charge on any atom is -0.468 e. The topological polar surface area (TPSA) is 74.6 Å². The van der Waals surface area contributed by atoms with Crippen molar-refractivity contribution in [2.75, 3.05) is 20.1 Å². The van der Waals surface area contributed by atoms with Gasteiger partial charge in [0, 0.05) is 19.1 Å². The minimum absolute atomic E-state index is 0.0232. The van der Waals surface area contributed by atoms with Gasteiger partial charge in [-0.25, -0.2) is 0 Å². The van der Waals surface area contributed by atoms with E-state index in [4.69, 9.17) is 4.42 Å². The molecule has 0 aromatic carbocycles. The molecule has 0 saturated carbocycles. The number of hydrogen-bond acceptors (Lipinski definition) is 4.